The molecule has 1 unspecified atom stereocenters. The van der Waals surface area contributed by atoms with Gasteiger partial charge in [-0.15, -0.1) is 5.10 Å². The van der Waals surface area contributed by atoms with E-state index in [4.69, 9.17) is 5.11 Å². The minimum Gasteiger partial charge on any atom is -0.481 e. The normalized spacial score (nSPS) is 12.8. The minimum atomic E-state index is -0.871. The first-order chi connectivity index (χ1) is 9.00. The minimum absolute atomic E-state index is 0.0212. The third kappa shape index (κ3) is 2.61. The number of carbonyl (C=O) groups is 1. The molecule has 19 heavy (non-hydrogen) atoms. The molecular formula is C11H16N6O2. The molecule has 0 bridgehead atoms. The lowest BCUT2D eigenvalue weighted by Crippen LogP contribution is -2.21. The Labute approximate surface area is 109 Å². The van der Waals surface area contributed by atoms with Gasteiger partial charge in [-0.2, -0.15) is 5.10 Å². The summed E-state index contributed by atoms with van der Waals surface area (Å²) in [7, 11) is 0. The van der Waals surface area contributed by atoms with E-state index in [9.17, 15) is 4.79 Å². The molecule has 0 saturated carbocycles. The van der Waals surface area contributed by atoms with E-state index in [1.807, 2.05) is 20.8 Å². The maximum Gasteiger partial charge on any atom is 0.305 e. The Hall–Kier alpha value is -2.25. The fourth-order valence-corrected chi connectivity index (χ4v) is 1.95. The van der Waals surface area contributed by atoms with Crippen molar-refractivity contribution < 1.29 is 9.90 Å². The van der Waals surface area contributed by atoms with Gasteiger partial charge in [0.15, 0.2) is 5.82 Å². The summed E-state index contributed by atoms with van der Waals surface area (Å²) in [4.78, 5) is 11.0. The van der Waals surface area contributed by atoms with Crippen LogP contribution in [-0.2, 0) is 4.79 Å². The second-order valence-corrected chi connectivity index (χ2v) is 4.76. The molecule has 8 nitrogen and oxygen atoms in total. The van der Waals surface area contributed by atoms with Gasteiger partial charge in [-0.1, -0.05) is 13.8 Å². The summed E-state index contributed by atoms with van der Waals surface area (Å²) in [6.07, 6.45) is 1.61. The molecule has 0 radical (unpaired) electrons. The molecule has 2 N–H and O–H groups in total. The highest BCUT2D eigenvalue weighted by atomic mass is 16.4. The first kappa shape index (κ1) is 13.2. The Morgan fingerprint density at radius 1 is 1.53 bits per heavy atom. The summed E-state index contributed by atoms with van der Waals surface area (Å²) in [6, 6.07) is -0.295. The van der Waals surface area contributed by atoms with Crippen LogP contribution in [0.15, 0.2) is 6.20 Å². The summed E-state index contributed by atoms with van der Waals surface area (Å²) in [6.45, 7) is 5.76. The van der Waals surface area contributed by atoms with Gasteiger partial charge in [-0.3, -0.25) is 9.89 Å². The van der Waals surface area contributed by atoms with Crippen molar-refractivity contribution in [2.45, 2.75) is 33.2 Å². The molecule has 2 rings (SSSR count). The average Bonchev–Trinajstić information content (AvgIpc) is 2.93. The number of rotatable bonds is 5. The summed E-state index contributed by atoms with van der Waals surface area (Å²) >= 11 is 0. The Bertz CT molecular complexity index is 573. The van der Waals surface area contributed by atoms with Gasteiger partial charge in [-0.25, -0.2) is 4.68 Å². The molecular weight excluding hydrogens is 248 g/mol. The van der Waals surface area contributed by atoms with Crippen LogP contribution in [0, 0.1) is 12.8 Å². The zero-order valence-electron chi connectivity index (χ0n) is 11.0. The van der Waals surface area contributed by atoms with E-state index in [1.165, 1.54) is 0 Å². The van der Waals surface area contributed by atoms with E-state index >= 15 is 0 Å². The number of hydrogen-bond acceptors (Lipinski definition) is 5. The lowest BCUT2D eigenvalue weighted by molar-refractivity contribution is -0.138. The van der Waals surface area contributed by atoms with E-state index in [2.05, 4.69) is 25.7 Å². The van der Waals surface area contributed by atoms with Crippen molar-refractivity contribution >= 4 is 5.97 Å². The third-order valence-electron chi connectivity index (χ3n) is 3.03. The molecule has 2 aromatic heterocycles. The van der Waals surface area contributed by atoms with Crippen molar-refractivity contribution in [2.24, 2.45) is 5.92 Å². The predicted octanol–water partition coefficient (Wildman–Crippen LogP) is 1.04. The standard InChI is InChI=1S/C11H16N6O2/c1-6(2)9(4-10(18)19)17-11(14-15-16-17)8-5-12-13-7(8)3/h5-6,9H,4H2,1-3H3,(H,12,13)(H,18,19). The molecule has 8 heteroatoms. The first-order valence-electron chi connectivity index (χ1n) is 6.00. The second-order valence-electron chi connectivity index (χ2n) is 4.76. The van der Waals surface area contributed by atoms with E-state index in [-0.39, 0.29) is 18.4 Å². The zero-order valence-corrected chi connectivity index (χ0v) is 11.0. The van der Waals surface area contributed by atoms with Gasteiger partial charge in [0.2, 0.25) is 0 Å². The number of aromatic amines is 1. The SMILES string of the molecule is Cc1[nH]ncc1-c1nnnn1C(CC(=O)O)C(C)C. The van der Waals surface area contributed by atoms with Crippen molar-refractivity contribution in [1.82, 2.24) is 30.4 Å². The molecule has 0 aliphatic heterocycles. The first-order valence-corrected chi connectivity index (χ1v) is 6.00. The van der Waals surface area contributed by atoms with Gasteiger partial charge in [0.25, 0.3) is 0 Å². The quantitative estimate of drug-likeness (QED) is 0.835. The summed E-state index contributed by atoms with van der Waals surface area (Å²) in [5, 5.41) is 27.3. The van der Waals surface area contributed by atoms with Crippen LogP contribution in [0.4, 0.5) is 0 Å². The summed E-state index contributed by atoms with van der Waals surface area (Å²) in [5.74, 6) is -0.235. The van der Waals surface area contributed by atoms with Gasteiger partial charge in [0, 0.05) is 5.69 Å². The molecule has 0 aromatic carbocycles. The number of carboxylic acids is 1. The summed E-state index contributed by atoms with van der Waals surface area (Å²) < 4.78 is 1.57. The Balaban J connectivity index is 2.42. The number of aryl methyl sites for hydroxylation is 1. The van der Waals surface area contributed by atoms with Crippen LogP contribution >= 0.6 is 0 Å². The van der Waals surface area contributed by atoms with E-state index in [1.54, 1.807) is 10.9 Å². The van der Waals surface area contributed by atoms with E-state index in [0.29, 0.717) is 5.82 Å². The Kier molecular flexibility index (Phi) is 3.59. The topological polar surface area (TPSA) is 110 Å². The van der Waals surface area contributed by atoms with Gasteiger partial charge >= 0.3 is 5.97 Å². The lowest BCUT2D eigenvalue weighted by Gasteiger charge is -2.19. The monoisotopic (exact) mass is 264 g/mol. The largest absolute Gasteiger partial charge is 0.481 e. The fraction of sp³-hybridized carbons (Fsp3) is 0.545. The van der Waals surface area contributed by atoms with Crippen LogP contribution in [0.3, 0.4) is 0 Å². The van der Waals surface area contributed by atoms with Crippen LogP contribution in [0.5, 0.6) is 0 Å². The maximum atomic E-state index is 11.0. The Morgan fingerprint density at radius 2 is 2.26 bits per heavy atom. The number of aromatic nitrogens is 6. The molecule has 2 aromatic rings. The maximum absolute atomic E-state index is 11.0. The molecule has 2 heterocycles. The van der Waals surface area contributed by atoms with Crippen molar-refractivity contribution in [3.63, 3.8) is 0 Å². The van der Waals surface area contributed by atoms with Crippen LogP contribution in [0.25, 0.3) is 11.4 Å². The van der Waals surface area contributed by atoms with Crippen LogP contribution in [-0.4, -0.2) is 41.5 Å². The smallest absolute Gasteiger partial charge is 0.305 e. The third-order valence-corrected chi connectivity index (χ3v) is 3.03. The molecule has 0 saturated heterocycles. The molecule has 0 amide bonds. The summed E-state index contributed by atoms with van der Waals surface area (Å²) in [5.41, 5.74) is 1.62. The van der Waals surface area contributed by atoms with Crippen LogP contribution < -0.4 is 0 Å². The van der Waals surface area contributed by atoms with Gasteiger partial charge < -0.3 is 5.11 Å². The van der Waals surface area contributed by atoms with E-state index in [0.717, 1.165) is 11.3 Å². The highest BCUT2D eigenvalue weighted by Crippen LogP contribution is 2.27. The van der Waals surface area contributed by atoms with E-state index < -0.39 is 5.97 Å². The molecule has 0 spiro atoms. The zero-order chi connectivity index (χ0) is 14.0. The van der Waals surface area contributed by atoms with Crippen LogP contribution in [0.2, 0.25) is 0 Å². The second kappa shape index (κ2) is 5.17. The number of tetrazole rings is 1. The number of hydrogen-bond donors (Lipinski definition) is 2. The van der Waals surface area contributed by atoms with Gasteiger partial charge in [0.1, 0.15) is 0 Å². The highest BCUT2D eigenvalue weighted by Gasteiger charge is 2.25. The van der Waals surface area contributed by atoms with Crippen molar-refractivity contribution in [3.05, 3.63) is 11.9 Å². The number of aliphatic carboxylic acids is 1. The van der Waals surface area contributed by atoms with Crippen molar-refractivity contribution in [2.75, 3.05) is 0 Å². The fourth-order valence-electron chi connectivity index (χ4n) is 1.95. The molecule has 0 aliphatic carbocycles. The molecule has 0 aliphatic rings. The number of nitrogens with one attached hydrogen (secondary N) is 1. The van der Waals surface area contributed by atoms with Crippen molar-refractivity contribution in [1.29, 1.82) is 0 Å². The van der Waals surface area contributed by atoms with Crippen molar-refractivity contribution in [3.8, 4) is 11.4 Å². The molecule has 1 atom stereocenters. The number of H-pyrrole nitrogens is 1. The molecule has 0 fully saturated rings. The van der Waals surface area contributed by atoms with Gasteiger partial charge in [0.05, 0.1) is 24.2 Å². The Morgan fingerprint density at radius 3 is 2.79 bits per heavy atom. The number of carboxylic acid groups (broad SMARTS) is 1. The van der Waals surface area contributed by atoms with Gasteiger partial charge in [-0.05, 0) is 23.3 Å². The highest BCUT2D eigenvalue weighted by molar-refractivity contribution is 5.67. The number of nitrogens with zero attached hydrogens (tertiary/aromatic N) is 5. The predicted molar refractivity (Wildman–Crippen MR) is 66.3 cm³/mol. The lowest BCUT2D eigenvalue weighted by atomic mass is 10.0. The average molecular weight is 264 g/mol. The molecule has 102 valence electrons. The van der Waals surface area contributed by atoms with Crippen LogP contribution in [0.1, 0.15) is 32.0 Å².